The monoisotopic (exact) mass is 262 g/mol. The highest BCUT2D eigenvalue weighted by Gasteiger charge is 2.20. The third-order valence-corrected chi connectivity index (χ3v) is 3.32. The highest BCUT2D eigenvalue weighted by molar-refractivity contribution is 5.74. The van der Waals surface area contributed by atoms with E-state index in [1.54, 1.807) is 24.5 Å². The van der Waals surface area contributed by atoms with Crippen LogP contribution in [0.25, 0.3) is 0 Å². The van der Waals surface area contributed by atoms with Crippen LogP contribution in [-0.2, 0) is 6.54 Å². The van der Waals surface area contributed by atoms with Gasteiger partial charge in [0, 0.05) is 18.4 Å². The van der Waals surface area contributed by atoms with Crippen molar-refractivity contribution >= 4 is 6.03 Å². The minimum absolute atomic E-state index is 0.149. The Kier molecular flexibility index (Phi) is 4.83. The molecule has 0 aliphatic heterocycles. The lowest BCUT2D eigenvalue weighted by molar-refractivity contribution is 0.188. The van der Waals surface area contributed by atoms with Crippen molar-refractivity contribution in [2.45, 2.75) is 44.7 Å². The first kappa shape index (κ1) is 13.5. The number of hydrogen-bond acceptors (Lipinski definition) is 4. The van der Waals surface area contributed by atoms with Crippen LogP contribution in [0.4, 0.5) is 4.79 Å². The van der Waals surface area contributed by atoms with Crippen molar-refractivity contribution in [3.8, 4) is 0 Å². The van der Waals surface area contributed by atoms with E-state index in [1.807, 2.05) is 0 Å². The van der Waals surface area contributed by atoms with Gasteiger partial charge in [-0.2, -0.15) is 5.01 Å². The smallest absolute Gasteiger partial charge is 0.334 e. The molecule has 0 aromatic carbocycles. The van der Waals surface area contributed by atoms with Gasteiger partial charge in [-0.1, -0.05) is 25.3 Å². The average Bonchev–Trinajstić information content (AvgIpc) is 2.47. The standard InChI is InChI=1S/C13H18N4O2/c18-13(15-12-6-2-1-3-7-12)17(16-19)10-11-5-4-8-14-9-11/h4-5,8-9,12H,1-3,6-7,10H2,(H,15,18). The number of urea groups is 1. The van der Waals surface area contributed by atoms with Crippen LogP contribution in [0.15, 0.2) is 29.8 Å². The van der Waals surface area contributed by atoms with Crippen molar-refractivity contribution in [1.29, 1.82) is 0 Å². The van der Waals surface area contributed by atoms with Crippen molar-refractivity contribution in [3.05, 3.63) is 35.0 Å². The second-order valence-corrected chi connectivity index (χ2v) is 4.78. The molecule has 1 aliphatic carbocycles. The van der Waals surface area contributed by atoms with Gasteiger partial charge >= 0.3 is 6.03 Å². The maximum atomic E-state index is 11.9. The first-order chi connectivity index (χ1) is 9.29. The number of pyridine rings is 1. The summed E-state index contributed by atoms with van der Waals surface area (Å²) < 4.78 is 0. The molecule has 102 valence electrons. The zero-order chi connectivity index (χ0) is 13.5. The molecule has 1 aromatic rings. The van der Waals surface area contributed by atoms with Crippen LogP contribution in [0, 0.1) is 4.91 Å². The molecular formula is C13H18N4O2. The largest absolute Gasteiger partial charge is 0.340 e. The van der Waals surface area contributed by atoms with E-state index in [9.17, 15) is 9.70 Å². The Balaban J connectivity index is 1.89. The van der Waals surface area contributed by atoms with Crippen LogP contribution >= 0.6 is 0 Å². The second-order valence-electron chi connectivity index (χ2n) is 4.78. The summed E-state index contributed by atoms with van der Waals surface area (Å²) in [6.07, 6.45) is 8.69. The van der Waals surface area contributed by atoms with E-state index in [0.29, 0.717) is 0 Å². The zero-order valence-corrected chi connectivity index (χ0v) is 10.8. The molecule has 1 heterocycles. The summed E-state index contributed by atoms with van der Waals surface area (Å²) in [6.45, 7) is 0.149. The van der Waals surface area contributed by atoms with Gasteiger partial charge in [0.25, 0.3) is 0 Å². The van der Waals surface area contributed by atoms with Gasteiger partial charge in [0.15, 0.2) is 0 Å². The van der Waals surface area contributed by atoms with Crippen molar-refractivity contribution < 1.29 is 4.79 Å². The maximum Gasteiger partial charge on any atom is 0.340 e. The SMILES string of the molecule is O=NN(Cc1cccnc1)C(=O)NC1CCCCC1. The number of nitrogens with zero attached hydrogens (tertiary/aromatic N) is 3. The predicted molar refractivity (Wildman–Crippen MR) is 71.0 cm³/mol. The fourth-order valence-corrected chi connectivity index (χ4v) is 2.30. The quantitative estimate of drug-likeness (QED) is 0.669. The summed E-state index contributed by atoms with van der Waals surface area (Å²) in [5, 5.41) is 6.56. The molecule has 2 amide bonds. The lowest BCUT2D eigenvalue weighted by Crippen LogP contribution is -2.42. The fraction of sp³-hybridized carbons (Fsp3) is 0.538. The molecule has 0 saturated heterocycles. The van der Waals surface area contributed by atoms with E-state index in [0.717, 1.165) is 36.3 Å². The molecule has 1 saturated carbocycles. The molecule has 0 atom stereocenters. The molecule has 1 aliphatic rings. The van der Waals surface area contributed by atoms with Crippen LogP contribution in [0.1, 0.15) is 37.7 Å². The molecule has 1 fully saturated rings. The topological polar surface area (TPSA) is 74.7 Å². The highest BCUT2D eigenvalue weighted by atomic mass is 16.3. The molecule has 0 spiro atoms. The molecule has 1 N–H and O–H groups in total. The lowest BCUT2D eigenvalue weighted by atomic mass is 9.96. The Bertz CT molecular complexity index is 418. The Morgan fingerprint density at radius 3 is 2.84 bits per heavy atom. The van der Waals surface area contributed by atoms with E-state index < -0.39 is 6.03 Å². The first-order valence-electron chi connectivity index (χ1n) is 6.60. The minimum atomic E-state index is -0.425. The molecule has 6 nitrogen and oxygen atoms in total. The molecule has 2 rings (SSSR count). The maximum absolute atomic E-state index is 11.9. The van der Waals surface area contributed by atoms with E-state index in [1.165, 1.54) is 6.42 Å². The number of aromatic nitrogens is 1. The first-order valence-corrected chi connectivity index (χ1v) is 6.60. The van der Waals surface area contributed by atoms with Crippen LogP contribution in [0.3, 0.4) is 0 Å². The fourth-order valence-electron chi connectivity index (χ4n) is 2.30. The Morgan fingerprint density at radius 2 is 2.21 bits per heavy atom. The summed E-state index contributed by atoms with van der Waals surface area (Å²) in [5.74, 6) is 0. The molecule has 19 heavy (non-hydrogen) atoms. The summed E-state index contributed by atoms with van der Waals surface area (Å²) in [4.78, 5) is 26.7. The second kappa shape index (κ2) is 6.82. The number of carbonyl (C=O) groups excluding carboxylic acids is 1. The summed E-state index contributed by atoms with van der Waals surface area (Å²) >= 11 is 0. The van der Waals surface area contributed by atoms with Crippen molar-refractivity contribution in [2.75, 3.05) is 0 Å². The van der Waals surface area contributed by atoms with Gasteiger partial charge in [0.1, 0.15) is 0 Å². The van der Waals surface area contributed by atoms with Crippen LogP contribution in [0.5, 0.6) is 0 Å². The Hall–Kier alpha value is -1.98. The molecule has 6 heteroatoms. The number of hydrogen-bond donors (Lipinski definition) is 1. The summed E-state index contributed by atoms with van der Waals surface area (Å²) in [6, 6.07) is 3.31. The normalized spacial score (nSPS) is 15.8. The van der Waals surface area contributed by atoms with Gasteiger partial charge in [-0.3, -0.25) is 4.98 Å². The van der Waals surface area contributed by atoms with E-state index in [-0.39, 0.29) is 12.6 Å². The van der Waals surface area contributed by atoms with Crippen LogP contribution < -0.4 is 5.32 Å². The predicted octanol–water partition coefficient (Wildman–Crippen LogP) is 2.61. The zero-order valence-electron chi connectivity index (χ0n) is 10.8. The molecule has 0 unspecified atom stereocenters. The summed E-state index contributed by atoms with van der Waals surface area (Å²) in [5.41, 5.74) is 0.779. The third-order valence-electron chi connectivity index (χ3n) is 3.32. The lowest BCUT2D eigenvalue weighted by Gasteiger charge is -2.24. The van der Waals surface area contributed by atoms with E-state index in [2.05, 4.69) is 15.6 Å². The summed E-state index contributed by atoms with van der Waals surface area (Å²) in [7, 11) is 0. The van der Waals surface area contributed by atoms with Gasteiger partial charge in [-0.15, -0.1) is 4.91 Å². The van der Waals surface area contributed by atoms with Gasteiger partial charge in [0.2, 0.25) is 0 Å². The third kappa shape index (κ3) is 4.01. The van der Waals surface area contributed by atoms with Gasteiger partial charge in [0.05, 0.1) is 11.8 Å². The molecule has 0 bridgehead atoms. The number of rotatable bonds is 4. The van der Waals surface area contributed by atoms with Crippen LogP contribution in [-0.4, -0.2) is 22.1 Å². The minimum Gasteiger partial charge on any atom is -0.334 e. The van der Waals surface area contributed by atoms with Gasteiger partial charge in [-0.05, 0) is 24.5 Å². The molecule has 1 aromatic heterocycles. The van der Waals surface area contributed by atoms with E-state index in [4.69, 9.17) is 0 Å². The molecule has 0 radical (unpaired) electrons. The van der Waals surface area contributed by atoms with Crippen molar-refractivity contribution in [2.24, 2.45) is 5.29 Å². The Morgan fingerprint density at radius 1 is 1.42 bits per heavy atom. The van der Waals surface area contributed by atoms with E-state index >= 15 is 0 Å². The van der Waals surface area contributed by atoms with Gasteiger partial charge < -0.3 is 5.32 Å². The highest BCUT2D eigenvalue weighted by Crippen LogP contribution is 2.17. The number of amides is 2. The Labute approximate surface area is 112 Å². The number of carbonyl (C=O) groups is 1. The van der Waals surface area contributed by atoms with Crippen LogP contribution in [0.2, 0.25) is 0 Å². The molecular weight excluding hydrogens is 244 g/mol. The van der Waals surface area contributed by atoms with Crippen molar-refractivity contribution in [3.63, 3.8) is 0 Å². The number of nitroso groups, excluding NO2 is 1. The van der Waals surface area contributed by atoms with Gasteiger partial charge in [-0.25, -0.2) is 4.79 Å². The average molecular weight is 262 g/mol. The van der Waals surface area contributed by atoms with Crippen molar-refractivity contribution in [1.82, 2.24) is 15.3 Å². The number of nitrogens with one attached hydrogen (secondary N) is 1.